The van der Waals surface area contributed by atoms with Crippen LogP contribution >= 0.6 is 0 Å². The van der Waals surface area contributed by atoms with Crippen molar-refractivity contribution in [2.24, 2.45) is 28.6 Å². The van der Waals surface area contributed by atoms with Crippen molar-refractivity contribution >= 4 is 11.9 Å². The number of ether oxygens (including phenoxy) is 1. The van der Waals surface area contributed by atoms with Gasteiger partial charge in [0.25, 0.3) is 0 Å². The Bertz CT molecular complexity index is 624. The summed E-state index contributed by atoms with van der Waals surface area (Å²) in [5, 5.41) is 20.6. The molecule has 4 aliphatic carbocycles. The highest BCUT2D eigenvalue weighted by molar-refractivity contribution is 5.78. The van der Waals surface area contributed by atoms with Gasteiger partial charge >= 0.3 is 11.9 Å². The Kier molecular flexibility index (Phi) is 4.60. The number of esters is 1. The van der Waals surface area contributed by atoms with E-state index < -0.39 is 22.4 Å². The van der Waals surface area contributed by atoms with Crippen LogP contribution in [-0.4, -0.2) is 33.9 Å². The van der Waals surface area contributed by atoms with Crippen LogP contribution in [0.2, 0.25) is 0 Å². The van der Waals surface area contributed by atoms with Gasteiger partial charge in [-0.25, -0.2) is 0 Å². The van der Waals surface area contributed by atoms with Crippen molar-refractivity contribution in [3.63, 3.8) is 0 Å². The molecule has 4 fully saturated rings. The predicted molar refractivity (Wildman–Crippen MR) is 99.9 cm³/mol. The molecule has 0 aliphatic heterocycles. The largest absolute Gasteiger partial charge is 0.481 e. The van der Waals surface area contributed by atoms with Crippen LogP contribution in [0.3, 0.4) is 0 Å². The second-order valence-corrected chi connectivity index (χ2v) is 10.8. The van der Waals surface area contributed by atoms with Gasteiger partial charge in [0.2, 0.25) is 0 Å². The summed E-state index contributed by atoms with van der Waals surface area (Å²) in [5.41, 5.74) is -2.10. The maximum Gasteiger partial charge on any atom is 0.312 e. The second kappa shape index (κ2) is 6.47. The lowest BCUT2D eigenvalue weighted by atomic mass is 9.57. The van der Waals surface area contributed by atoms with E-state index in [4.69, 9.17) is 4.74 Å². The normalized spacial score (nSPS) is 49.3. The van der Waals surface area contributed by atoms with Gasteiger partial charge in [-0.1, -0.05) is 19.8 Å². The molecule has 152 valence electrons. The van der Waals surface area contributed by atoms with Gasteiger partial charge in [-0.05, 0) is 76.0 Å². The van der Waals surface area contributed by atoms with E-state index in [9.17, 15) is 19.8 Å². The van der Waals surface area contributed by atoms with E-state index in [0.717, 1.165) is 51.4 Å². The minimum atomic E-state index is -0.802. The summed E-state index contributed by atoms with van der Waals surface area (Å²) in [4.78, 5) is 25.3. The summed E-state index contributed by atoms with van der Waals surface area (Å²) in [6.45, 7) is 3.99. The van der Waals surface area contributed by atoms with Crippen molar-refractivity contribution in [1.82, 2.24) is 0 Å². The molecular weight excluding hydrogens is 344 g/mol. The minimum Gasteiger partial charge on any atom is -0.481 e. The van der Waals surface area contributed by atoms with Crippen LogP contribution in [0.4, 0.5) is 0 Å². The molecular formula is C22H34O5. The Morgan fingerprint density at radius 3 is 2.48 bits per heavy atom. The third kappa shape index (κ3) is 3.52. The van der Waals surface area contributed by atoms with E-state index in [2.05, 4.69) is 6.92 Å². The predicted octanol–water partition coefficient (Wildman–Crippen LogP) is 3.92. The number of carboxylic acids is 1. The monoisotopic (exact) mass is 378 g/mol. The zero-order valence-corrected chi connectivity index (χ0v) is 16.7. The van der Waals surface area contributed by atoms with E-state index in [0.29, 0.717) is 37.0 Å². The van der Waals surface area contributed by atoms with Gasteiger partial charge < -0.3 is 14.9 Å². The first kappa shape index (κ1) is 19.2. The third-order valence-electron chi connectivity index (χ3n) is 7.92. The zero-order chi connectivity index (χ0) is 19.4. The molecule has 27 heavy (non-hydrogen) atoms. The molecule has 0 spiro atoms. The molecule has 0 aromatic rings. The first-order valence-corrected chi connectivity index (χ1v) is 10.8. The number of rotatable bonds is 3. The van der Waals surface area contributed by atoms with Crippen LogP contribution in [-0.2, 0) is 14.3 Å². The van der Waals surface area contributed by atoms with E-state index in [1.165, 1.54) is 0 Å². The third-order valence-corrected chi connectivity index (χ3v) is 7.92. The Morgan fingerprint density at radius 2 is 1.74 bits per heavy atom. The van der Waals surface area contributed by atoms with Crippen molar-refractivity contribution in [2.45, 2.75) is 96.2 Å². The smallest absolute Gasteiger partial charge is 0.312 e. The molecule has 4 rings (SSSR count). The average Bonchev–Trinajstić information content (AvgIpc) is 2.51. The minimum absolute atomic E-state index is 0.175. The highest BCUT2D eigenvalue weighted by Crippen LogP contribution is 2.55. The summed E-state index contributed by atoms with van der Waals surface area (Å²) >= 11 is 0. The SMILES string of the molecule is CC1CC2CC(OC(=O)C34CCCC(CC(C)(O)C3)C4)CC(C(=O)O)(C1)C2. The molecule has 4 aliphatic rings. The summed E-state index contributed by atoms with van der Waals surface area (Å²) in [6.07, 6.45) is 8.35. The Labute approximate surface area is 161 Å². The topological polar surface area (TPSA) is 83.8 Å². The van der Waals surface area contributed by atoms with Gasteiger partial charge in [-0.3, -0.25) is 9.59 Å². The first-order valence-electron chi connectivity index (χ1n) is 10.8. The number of carbonyl (C=O) groups is 2. The van der Waals surface area contributed by atoms with Crippen LogP contribution in [0.25, 0.3) is 0 Å². The fourth-order valence-corrected chi connectivity index (χ4v) is 7.41. The molecule has 0 amide bonds. The van der Waals surface area contributed by atoms with Crippen LogP contribution in [0.1, 0.15) is 84.5 Å². The number of aliphatic carboxylic acids is 1. The lowest BCUT2D eigenvalue weighted by molar-refractivity contribution is -0.187. The number of hydrogen-bond donors (Lipinski definition) is 2. The van der Waals surface area contributed by atoms with Crippen molar-refractivity contribution in [3.8, 4) is 0 Å². The van der Waals surface area contributed by atoms with Crippen LogP contribution in [0.5, 0.6) is 0 Å². The van der Waals surface area contributed by atoms with E-state index in [1.54, 1.807) is 0 Å². The Balaban J connectivity index is 1.50. The zero-order valence-electron chi connectivity index (χ0n) is 16.7. The molecule has 0 aromatic heterocycles. The number of carboxylic acid groups (broad SMARTS) is 1. The quantitative estimate of drug-likeness (QED) is 0.727. The molecule has 5 nitrogen and oxygen atoms in total. The Morgan fingerprint density at radius 1 is 1.00 bits per heavy atom. The molecule has 4 saturated carbocycles. The molecule has 0 aromatic carbocycles. The molecule has 0 heterocycles. The first-order chi connectivity index (χ1) is 12.6. The highest BCUT2D eigenvalue weighted by atomic mass is 16.5. The van der Waals surface area contributed by atoms with Crippen molar-refractivity contribution in [3.05, 3.63) is 0 Å². The summed E-state index contributed by atoms with van der Waals surface area (Å²) in [6, 6.07) is 0. The van der Waals surface area contributed by atoms with Gasteiger partial charge in [-0.15, -0.1) is 0 Å². The van der Waals surface area contributed by atoms with Gasteiger partial charge in [0.1, 0.15) is 6.10 Å². The van der Waals surface area contributed by atoms with Gasteiger partial charge in [0, 0.05) is 6.42 Å². The van der Waals surface area contributed by atoms with Crippen molar-refractivity contribution in [2.75, 3.05) is 0 Å². The van der Waals surface area contributed by atoms with Crippen molar-refractivity contribution in [1.29, 1.82) is 0 Å². The van der Waals surface area contributed by atoms with Gasteiger partial charge in [0.15, 0.2) is 0 Å². The lowest BCUT2D eigenvalue weighted by Crippen LogP contribution is -2.52. The fraction of sp³-hybridized carbons (Fsp3) is 0.909. The van der Waals surface area contributed by atoms with Crippen LogP contribution in [0.15, 0.2) is 0 Å². The summed E-state index contributed by atoms with van der Waals surface area (Å²) < 4.78 is 6.03. The summed E-state index contributed by atoms with van der Waals surface area (Å²) in [7, 11) is 0. The molecule has 7 atom stereocenters. The number of carbonyl (C=O) groups excluding carboxylic acids is 1. The molecule has 7 unspecified atom stereocenters. The van der Waals surface area contributed by atoms with Gasteiger partial charge in [0.05, 0.1) is 16.4 Å². The molecule has 4 bridgehead atoms. The van der Waals surface area contributed by atoms with Crippen LogP contribution < -0.4 is 0 Å². The van der Waals surface area contributed by atoms with E-state index in [-0.39, 0.29) is 12.1 Å². The average molecular weight is 379 g/mol. The molecule has 5 heteroatoms. The standard InChI is InChI=1S/C22H34O5/c1-14-6-16-7-17(12-22(8-14,11-16)18(23)24)27-19(25)21-5-3-4-15(10-21)9-20(2,26)13-21/h14-17,26H,3-13H2,1-2H3,(H,23,24). The maximum absolute atomic E-state index is 13.3. The highest BCUT2D eigenvalue weighted by Gasteiger charge is 2.55. The number of fused-ring (bicyclic) bond motifs is 4. The Hall–Kier alpha value is -1.10. The number of aliphatic hydroxyl groups is 1. The molecule has 0 saturated heterocycles. The van der Waals surface area contributed by atoms with Crippen molar-refractivity contribution < 1.29 is 24.5 Å². The maximum atomic E-state index is 13.3. The molecule has 2 N–H and O–H groups in total. The van der Waals surface area contributed by atoms with E-state index in [1.807, 2.05) is 6.92 Å². The summed E-state index contributed by atoms with van der Waals surface area (Å²) in [5.74, 6) is 0.249. The van der Waals surface area contributed by atoms with Crippen LogP contribution in [0, 0.1) is 28.6 Å². The number of hydrogen-bond acceptors (Lipinski definition) is 4. The second-order valence-electron chi connectivity index (χ2n) is 10.8. The molecule has 0 radical (unpaired) electrons. The van der Waals surface area contributed by atoms with Gasteiger partial charge in [-0.2, -0.15) is 0 Å². The fourth-order valence-electron chi connectivity index (χ4n) is 7.41. The lowest BCUT2D eigenvalue weighted by Gasteiger charge is -2.51. The van der Waals surface area contributed by atoms with E-state index >= 15 is 0 Å².